The van der Waals surface area contributed by atoms with E-state index in [2.05, 4.69) is 21.2 Å². The molecular formula is C12H13BrFNO. The molecule has 1 aromatic carbocycles. The van der Waals surface area contributed by atoms with Crippen molar-refractivity contribution in [1.29, 1.82) is 0 Å². The maximum Gasteiger partial charge on any atom is 0.220 e. The smallest absolute Gasteiger partial charge is 0.220 e. The van der Waals surface area contributed by atoms with Crippen LogP contribution in [0.25, 0.3) is 0 Å². The third-order valence-corrected chi connectivity index (χ3v) is 3.43. The van der Waals surface area contributed by atoms with Crippen LogP contribution in [0.1, 0.15) is 25.3 Å². The quantitative estimate of drug-likeness (QED) is 0.890. The SMILES string of the molecule is CC1(Cc2cc(Br)ccc2F)CCC(=O)N1. The van der Waals surface area contributed by atoms with E-state index in [1.54, 1.807) is 12.1 Å². The Labute approximate surface area is 102 Å². The predicted molar refractivity (Wildman–Crippen MR) is 63.6 cm³/mol. The Bertz CT molecular complexity index is 435. The Balaban J connectivity index is 2.20. The van der Waals surface area contributed by atoms with Gasteiger partial charge in [-0.15, -0.1) is 0 Å². The molecule has 1 atom stereocenters. The van der Waals surface area contributed by atoms with Crippen LogP contribution in [0.3, 0.4) is 0 Å². The topological polar surface area (TPSA) is 29.1 Å². The number of amides is 1. The fourth-order valence-corrected chi connectivity index (χ4v) is 2.49. The van der Waals surface area contributed by atoms with Crippen LogP contribution in [0.15, 0.2) is 22.7 Å². The molecule has 0 saturated carbocycles. The van der Waals surface area contributed by atoms with E-state index < -0.39 is 0 Å². The van der Waals surface area contributed by atoms with Gasteiger partial charge in [0.1, 0.15) is 5.82 Å². The van der Waals surface area contributed by atoms with Crippen LogP contribution in [0.2, 0.25) is 0 Å². The minimum Gasteiger partial charge on any atom is -0.351 e. The zero-order valence-electron chi connectivity index (χ0n) is 9.02. The first kappa shape index (κ1) is 11.6. The molecule has 1 amide bonds. The average Bonchev–Trinajstić information content (AvgIpc) is 2.52. The minimum atomic E-state index is -0.307. The highest BCUT2D eigenvalue weighted by molar-refractivity contribution is 9.10. The number of rotatable bonds is 2. The van der Waals surface area contributed by atoms with Crippen LogP contribution in [-0.2, 0) is 11.2 Å². The highest BCUT2D eigenvalue weighted by atomic mass is 79.9. The van der Waals surface area contributed by atoms with Gasteiger partial charge in [0.05, 0.1) is 0 Å². The maximum atomic E-state index is 13.6. The molecule has 1 N–H and O–H groups in total. The molecule has 0 spiro atoms. The van der Waals surface area contributed by atoms with Crippen molar-refractivity contribution in [3.63, 3.8) is 0 Å². The summed E-state index contributed by atoms with van der Waals surface area (Å²) in [6, 6.07) is 4.89. The third-order valence-electron chi connectivity index (χ3n) is 2.93. The van der Waals surface area contributed by atoms with Gasteiger partial charge in [0.2, 0.25) is 5.91 Å². The fraction of sp³-hybridized carbons (Fsp3) is 0.417. The number of hydrogen-bond donors (Lipinski definition) is 1. The van der Waals surface area contributed by atoms with E-state index in [0.717, 1.165) is 10.9 Å². The van der Waals surface area contributed by atoms with Crippen molar-refractivity contribution >= 4 is 21.8 Å². The summed E-state index contributed by atoms with van der Waals surface area (Å²) in [5.41, 5.74) is 0.331. The highest BCUT2D eigenvalue weighted by Crippen LogP contribution is 2.26. The molecule has 1 saturated heterocycles. The summed E-state index contributed by atoms with van der Waals surface area (Å²) in [7, 11) is 0. The van der Waals surface area contributed by atoms with Gasteiger partial charge in [0, 0.05) is 16.4 Å². The first-order chi connectivity index (χ1) is 7.48. The molecule has 1 aromatic rings. The second kappa shape index (κ2) is 4.17. The summed E-state index contributed by atoms with van der Waals surface area (Å²) in [6.07, 6.45) is 1.83. The van der Waals surface area contributed by atoms with Gasteiger partial charge in [0.25, 0.3) is 0 Å². The second-order valence-electron chi connectivity index (χ2n) is 4.52. The Morgan fingerprint density at radius 2 is 2.31 bits per heavy atom. The number of carbonyl (C=O) groups excluding carboxylic acids is 1. The summed E-state index contributed by atoms with van der Waals surface area (Å²) < 4.78 is 14.4. The van der Waals surface area contributed by atoms with Crippen LogP contribution in [0.5, 0.6) is 0 Å². The van der Waals surface area contributed by atoms with Crippen molar-refractivity contribution in [3.8, 4) is 0 Å². The fourth-order valence-electron chi connectivity index (χ4n) is 2.08. The Morgan fingerprint density at radius 3 is 2.94 bits per heavy atom. The molecule has 2 nitrogen and oxygen atoms in total. The molecule has 0 aromatic heterocycles. The van der Waals surface area contributed by atoms with E-state index in [4.69, 9.17) is 0 Å². The largest absolute Gasteiger partial charge is 0.351 e. The first-order valence-corrected chi connectivity index (χ1v) is 6.03. The molecule has 16 heavy (non-hydrogen) atoms. The molecule has 1 aliphatic rings. The van der Waals surface area contributed by atoms with Crippen molar-refractivity contribution in [1.82, 2.24) is 5.32 Å². The predicted octanol–water partition coefficient (Wildman–Crippen LogP) is 2.80. The molecule has 86 valence electrons. The zero-order chi connectivity index (χ0) is 11.8. The summed E-state index contributed by atoms with van der Waals surface area (Å²) in [5.74, 6) is -0.163. The van der Waals surface area contributed by atoms with E-state index in [1.165, 1.54) is 6.07 Å². The van der Waals surface area contributed by atoms with Crippen LogP contribution in [-0.4, -0.2) is 11.4 Å². The lowest BCUT2D eigenvalue weighted by molar-refractivity contribution is -0.119. The van der Waals surface area contributed by atoms with Gasteiger partial charge in [0.15, 0.2) is 0 Å². The van der Waals surface area contributed by atoms with Crippen molar-refractivity contribution in [2.45, 2.75) is 31.7 Å². The van der Waals surface area contributed by atoms with E-state index in [9.17, 15) is 9.18 Å². The van der Waals surface area contributed by atoms with Crippen LogP contribution >= 0.6 is 15.9 Å². The molecule has 2 rings (SSSR count). The van der Waals surface area contributed by atoms with Crippen molar-refractivity contribution in [3.05, 3.63) is 34.1 Å². The lowest BCUT2D eigenvalue weighted by atomic mass is 9.91. The maximum absolute atomic E-state index is 13.6. The molecule has 4 heteroatoms. The molecule has 1 aliphatic heterocycles. The van der Waals surface area contributed by atoms with Gasteiger partial charge in [-0.3, -0.25) is 4.79 Å². The zero-order valence-corrected chi connectivity index (χ0v) is 10.6. The molecule has 0 radical (unpaired) electrons. The van der Waals surface area contributed by atoms with Gasteiger partial charge in [-0.25, -0.2) is 4.39 Å². The van der Waals surface area contributed by atoms with E-state index in [-0.39, 0.29) is 17.3 Å². The lowest BCUT2D eigenvalue weighted by Gasteiger charge is -2.24. The standard InChI is InChI=1S/C12H13BrFNO/c1-12(5-4-11(16)15-12)7-8-6-9(13)2-3-10(8)14/h2-3,6H,4-5,7H2,1H3,(H,15,16). The van der Waals surface area contributed by atoms with Gasteiger partial charge >= 0.3 is 0 Å². The van der Waals surface area contributed by atoms with E-state index in [1.807, 2.05) is 6.92 Å². The van der Waals surface area contributed by atoms with Crippen LogP contribution in [0, 0.1) is 5.82 Å². The van der Waals surface area contributed by atoms with Crippen molar-refractivity contribution in [2.24, 2.45) is 0 Å². The summed E-state index contributed by atoms with van der Waals surface area (Å²) in [4.78, 5) is 11.2. The molecular weight excluding hydrogens is 273 g/mol. The van der Waals surface area contributed by atoms with Gasteiger partial charge in [-0.2, -0.15) is 0 Å². The molecule has 1 unspecified atom stereocenters. The average molecular weight is 286 g/mol. The number of benzene rings is 1. The Hall–Kier alpha value is -0.900. The highest BCUT2D eigenvalue weighted by Gasteiger charge is 2.33. The monoisotopic (exact) mass is 285 g/mol. The number of carbonyl (C=O) groups is 1. The number of hydrogen-bond acceptors (Lipinski definition) is 1. The molecule has 1 fully saturated rings. The van der Waals surface area contributed by atoms with Crippen LogP contribution in [0.4, 0.5) is 4.39 Å². The van der Waals surface area contributed by atoms with Gasteiger partial charge in [-0.1, -0.05) is 15.9 Å². The summed E-state index contributed by atoms with van der Waals surface area (Å²) in [6.45, 7) is 1.96. The number of halogens is 2. The Kier molecular flexibility index (Phi) is 3.02. The van der Waals surface area contributed by atoms with E-state index in [0.29, 0.717) is 18.4 Å². The Morgan fingerprint density at radius 1 is 1.56 bits per heavy atom. The molecule has 1 heterocycles. The van der Waals surface area contributed by atoms with E-state index >= 15 is 0 Å². The minimum absolute atomic E-state index is 0.0536. The molecule has 0 aliphatic carbocycles. The molecule has 0 bridgehead atoms. The summed E-state index contributed by atoms with van der Waals surface area (Å²) in [5, 5.41) is 2.90. The van der Waals surface area contributed by atoms with Crippen LogP contribution < -0.4 is 5.32 Å². The number of nitrogens with one attached hydrogen (secondary N) is 1. The first-order valence-electron chi connectivity index (χ1n) is 5.23. The lowest BCUT2D eigenvalue weighted by Crippen LogP contribution is -2.40. The normalized spacial score (nSPS) is 24.6. The van der Waals surface area contributed by atoms with Crippen molar-refractivity contribution < 1.29 is 9.18 Å². The third kappa shape index (κ3) is 2.43. The van der Waals surface area contributed by atoms with Gasteiger partial charge < -0.3 is 5.32 Å². The van der Waals surface area contributed by atoms with Crippen molar-refractivity contribution in [2.75, 3.05) is 0 Å². The second-order valence-corrected chi connectivity index (χ2v) is 5.44. The van der Waals surface area contributed by atoms with Gasteiger partial charge in [-0.05, 0) is 43.5 Å². The summed E-state index contributed by atoms with van der Waals surface area (Å²) >= 11 is 3.32.